The Bertz CT molecular complexity index is 404. The second-order valence-electron chi connectivity index (χ2n) is 4.88. The summed E-state index contributed by atoms with van der Waals surface area (Å²) in [5.41, 5.74) is 5.86. The van der Waals surface area contributed by atoms with E-state index in [0.717, 1.165) is 13.0 Å². The van der Waals surface area contributed by atoms with Crippen LogP contribution in [0.15, 0.2) is 24.3 Å². The molecule has 0 amide bonds. The lowest BCUT2D eigenvalue weighted by Crippen LogP contribution is -2.11. The van der Waals surface area contributed by atoms with Crippen molar-refractivity contribution in [2.24, 2.45) is 5.92 Å². The van der Waals surface area contributed by atoms with Crippen LogP contribution in [0.4, 0.5) is 0 Å². The number of rotatable bonds is 3. The maximum Gasteiger partial charge on any atom is -0.00114 e. The van der Waals surface area contributed by atoms with E-state index in [4.69, 9.17) is 0 Å². The number of hydrogen-bond donors (Lipinski definition) is 1. The van der Waals surface area contributed by atoms with E-state index in [1.807, 2.05) is 7.05 Å². The number of hydrogen-bond acceptors (Lipinski definition) is 1. The second-order valence-corrected chi connectivity index (χ2v) is 4.88. The lowest BCUT2D eigenvalue weighted by Gasteiger charge is -2.20. The van der Waals surface area contributed by atoms with Crippen LogP contribution in [0.1, 0.15) is 30.5 Å². The normalized spacial score (nSPS) is 19.2. The fraction of sp³-hybridized carbons (Fsp3) is 0.467. The van der Waals surface area contributed by atoms with Gasteiger partial charge in [-0.1, -0.05) is 31.2 Å². The van der Waals surface area contributed by atoms with Crippen LogP contribution in [0.3, 0.4) is 0 Å². The Kier molecular flexibility index (Phi) is 3.45. The summed E-state index contributed by atoms with van der Waals surface area (Å²) in [5, 5.41) is 3.20. The summed E-state index contributed by atoms with van der Waals surface area (Å²) in [4.78, 5) is 0. The highest BCUT2D eigenvalue weighted by Crippen LogP contribution is 2.29. The van der Waals surface area contributed by atoms with Crippen molar-refractivity contribution in [3.63, 3.8) is 0 Å². The molecule has 0 fully saturated rings. The first-order valence-electron chi connectivity index (χ1n) is 6.16. The Morgan fingerprint density at radius 3 is 2.94 bits per heavy atom. The zero-order valence-electron chi connectivity index (χ0n) is 10.5. The monoisotopic (exact) mass is 215 g/mol. The molecule has 1 aromatic rings. The molecule has 1 aromatic carbocycles. The van der Waals surface area contributed by atoms with Crippen molar-refractivity contribution in [2.75, 3.05) is 13.6 Å². The van der Waals surface area contributed by atoms with Crippen LogP contribution in [0.5, 0.6) is 0 Å². The van der Waals surface area contributed by atoms with E-state index in [1.165, 1.54) is 28.7 Å². The highest BCUT2D eigenvalue weighted by molar-refractivity contribution is 5.69. The Balaban J connectivity index is 2.27. The van der Waals surface area contributed by atoms with Gasteiger partial charge in [0.1, 0.15) is 0 Å². The average molecular weight is 215 g/mol. The fourth-order valence-electron chi connectivity index (χ4n) is 2.52. The molecule has 1 atom stereocenters. The molecule has 1 aliphatic rings. The zero-order valence-corrected chi connectivity index (χ0v) is 10.5. The van der Waals surface area contributed by atoms with Gasteiger partial charge in [0.2, 0.25) is 0 Å². The molecule has 1 unspecified atom stereocenters. The maximum atomic E-state index is 3.20. The first-order valence-corrected chi connectivity index (χ1v) is 6.16. The SMILES string of the molecule is CNCCc1ccc2c(c1)C(C)=CC(C)C2. The van der Waals surface area contributed by atoms with Crippen LogP contribution in [-0.4, -0.2) is 13.6 Å². The molecule has 0 saturated heterocycles. The van der Waals surface area contributed by atoms with Crippen molar-refractivity contribution in [3.05, 3.63) is 41.0 Å². The van der Waals surface area contributed by atoms with Gasteiger partial charge in [-0.25, -0.2) is 0 Å². The van der Waals surface area contributed by atoms with E-state index >= 15 is 0 Å². The molecule has 0 saturated carbocycles. The van der Waals surface area contributed by atoms with E-state index in [0.29, 0.717) is 5.92 Å². The summed E-state index contributed by atoms with van der Waals surface area (Å²) in [6, 6.07) is 6.96. The van der Waals surface area contributed by atoms with Gasteiger partial charge in [-0.15, -0.1) is 0 Å². The third-order valence-corrected chi connectivity index (χ3v) is 3.34. The quantitative estimate of drug-likeness (QED) is 0.817. The molecule has 16 heavy (non-hydrogen) atoms. The minimum atomic E-state index is 0.690. The molecule has 2 rings (SSSR count). The molecular formula is C15H21N. The van der Waals surface area contributed by atoms with Crippen LogP contribution in [0.2, 0.25) is 0 Å². The highest BCUT2D eigenvalue weighted by Gasteiger charge is 2.14. The van der Waals surface area contributed by atoms with E-state index < -0.39 is 0 Å². The first kappa shape index (κ1) is 11.4. The van der Waals surface area contributed by atoms with E-state index in [9.17, 15) is 0 Å². The number of fused-ring (bicyclic) bond motifs is 1. The van der Waals surface area contributed by atoms with Gasteiger partial charge in [0, 0.05) is 0 Å². The first-order chi connectivity index (χ1) is 7.70. The van der Waals surface area contributed by atoms with E-state index in [2.05, 4.69) is 43.4 Å². The van der Waals surface area contributed by atoms with Crippen LogP contribution >= 0.6 is 0 Å². The molecule has 1 N–H and O–H groups in total. The van der Waals surface area contributed by atoms with Gasteiger partial charge in [-0.3, -0.25) is 0 Å². The number of likely N-dealkylation sites (N-methyl/N-ethyl adjacent to an activating group) is 1. The third kappa shape index (κ3) is 2.35. The van der Waals surface area contributed by atoms with Crippen molar-refractivity contribution in [1.82, 2.24) is 5.32 Å². The molecule has 1 aliphatic carbocycles. The molecule has 0 bridgehead atoms. The van der Waals surface area contributed by atoms with Gasteiger partial charge in [0.05, 0.1) is 0 Å². The van der Waals surface area contributed by atoms with Crippen molar-refractivity contribution in [2.45, 2.75) is 26.7 Å². The summed E-state index contributed by atoms with van der Waals surface area (Å²) in [6.07, 6.45) is 4.70. The summed E-state index contributed by atoms with van der Waals surface area (Å²) in [6.45, 7) is 5.58. The molecule has 1 nitrogen and oxygen atoms in total. The standard InChI is InChI=1S/C15H21N/c1-11-8-12(2)15-10-13(6-7-16-3)4-5-14(15)9-11/h4-5,8,10-11,16H,6-7,9H2,1-3H3. The summed E-state index contributed by atoms with van der Waals surface area (Å²) in [7, 11) is 2.01. The number of nitrogens with one attached hydrogen (secondary N) is 1. The minimum absolute atomic E-state index is 0.690. The van der Waals surface area contributed by atoms with E-state index in [1.54, 1.807) is 0 Å². The molecule has 0 heterocycles. The fourth-order valence-corrected chi connectivity index (χ4v) is 2.52. The lowest BCUT2D eigenvalue weighted by atomic mass is 9.85. The molecule has 0 radical (unpaired) electrons. The van der Waals surface area contributed by atoms with Crippen LogP contribution in [0, 0.1) is 5.92 Å². The van der Waals surface area contributed by atoms with Gasteiger partial charge in [0.25, 0.3) is 0 Å². The molecular weight excluding hydrogens is 194 g/mol. The zero-order chi connectivity index (χ0) is 11.5. The predicted molar refractivity (Wildman–Crippen MR) is 70.6 cm³/mol. The Labute approximate surface area is 98.6 Å². The van der Waals surface area contributed by atoms with Gasteiger partial charge < -0.3 is 5.32 Å². The molecule has 1 heteroatoms. The van der Waals surface area contributed by atoms with Crippen molar-refractivity contribution in [3.8, 4) is 0 Å². The van der Waals surface area contributed by atoms with Crippen LogP contribution < -0.4 is 5.32 Å². The van der Waals surface area contributed by atoms with Crippen LogP contribution in [-0.2, 0) is 12.8 Å². The summed E-state index contributed by atoms with van der Waals surface area (Å²) in [5.74, 6) is 0.690. The largest absolute Gasteiger partial charge is 0.319 e. The summed E-state index contributed by atoms with van der Waals surface area (Å²) < 4.78 is 0. The Morgan fingerprint density at radius 2 is 2.19 bits per heavy atom. The van der Waals surface area contributed by atoms with E-state index in [-0.39, 0.29) is 0 Å². The minimum Gasteiger partial charge on any atom is -0.319 e. The third-order valence-electron chi connectivity index (χ3n) is 3.34. The van der Waals surface area contributed by atoms with Crippen molar-refractivity contribution in [1.29, 1.82) is 0 Å². The smallest absolute Gasteiger partial charge is 0.00114 e. The van der Waals surface area contributed by atoms with Gasteiger partial charge >= 0.3 is 0 Å². The maximum absolute atomic E-state index is 3.20. The Hall–Kier alpha value is -1.08. The Morgan fingerprint density at radius 1 is 1.38 bits per heavy atom. The number of allylic oxidation sites excluding steroid dienone is 2. The van der Waals surface area contributed by atoms with Crippen molar-refractivity contribution >= 4 is 5.57 Å². The molecule has 0 aromatic heterocycles. The van der Waals surface area contributed by atoms with Crippen LogP contribution in [0.25, 0.3) is 5.57 Å². The molecule has 0 spiro atoms. The second kappa shape index (κ2) is 4.84. The number of benzene rings is 1. The van der Waals surface area contributed by atoms with Crippen molar-refractivity contribution < 1.29 is 0 Å². The average Bonchev–Trinajstić information content (AvgIpc) is 2.26. The predicted octanol–water partition coefficient (Wildman–Crippen LogP) is 3.04. The van der Waals surface area contributed by atoms with Gasteiger partial charge in [-0.2, -0.15) is 0 Å². The summed E-state index contributed by atoms with van der Waals surface area (Å²) >= 11 is 0. The highest BCUT2D eigenvalue weighted by atomic mass is 14.8. The van der Waals surface area contributed by atoms with Gasteiger partial charge in [0.15, 0.2) is 0 Å². The molecule has 0 aliphatic heterocycles. The van der Waals surface area contributed by atoms with Gasteiger partial charge in [-0.05, 0) is 61.5 Å². The lowest BCUT2D eigenvalue weighted by molar-refractivity contribution is 0.711. The topological polar surface area (TPSA) is 12.0 Å². The molecule has 86 valence electrons.